The molecule has 9 rings (SSSR count). The maximum Gasteiger partial charge on any atom is 0.166 e. The van der Waals surface area contributed by atoms with Crippen molar-refractivity contribution in [1.82, 2.24) is 0 Å². The molecule has 0 atom stereocenters. The molecule has 59 heavy (non-hydrogen) atoms. The van der Waals surface area contributed by atoms with Crippen LogP contribution in [0.5, 0.6) is 23.0 Å². The first-order valence-corrected chi connectivity index (χ1v) is 23.2. The Kier molecular flexibility index (Phi) is 12.0. The number of benzene rings is 9. The van der Waals surface area contributed by atoms with Crippen molar-refractivity contribution >= 4 is 32.7 Å². The van der Waals surface area contributed by atoms with Crippen molar-refractivity contribution in [3.8, 4) is 23.0 Å². The van der Waals surface area contributed by atoms with Crippen LogP contribution in [0.25, 0.3) is 0 Å². The van der Waals surface area contributed by atoms with E-state index >= 15 is 0 Å². The molecule has 0 saturated heterocycles. The molecule has 0 bridgehead atoms. The zero-order chi connectivity index (χ0) is 39.6. The van der Waals surface area contributed by atoms with Gasteiger partial charge in [-0.1, -0.05) is 91.0 Å². The molecular formula is C54H41O2S3+3. The lowest BCUT2D eigenvalue weighted by atomic mass is 10.3. The summed E-state index contributed by atoms with van der Waals surface area (Å²) in [6.45, 7) is 0. The Morgan fingerprint density at radius 1 is 0.169 bits per heavy atom. The summed E-state index contributed by atoms with van der Waals surface area (Å²) < 4.78 is 12.8. The Morgan fingerprint density at radius 3 is 0.492 bits per heavy atom. The van der Waals surface area contributed by atoms with Crippen LogP contribution in [0.2, 0.25) is 0 Å². The molecule has 9 aromatic rings. The van der Waals surface area contributed by atoms with E-state index in [-0.39, 0.29) is 32.7 Å². The maximum atomic E-state index is 6.40. The van der Waals surface area contributed by atoms with Crippen molar-refractivity contribution in [1.29, 1.82) is 0 Å². The third kappa shape index (κ3) is 9.19. The summed E-state index contributed by atoms with van der Waals surface area (Å²) in [7, 11) is -0.731. The van der Waals surface area contributed by atoms with E-state index in [1.807, 2.05) is 0 Å². The molecule has 2 nitrogen and oxygen atoms in total. The minimum atomic E-state index is -0.323. The van der Waals surface area contributed by atoms with Crippen molar-refractivity contribution in [2.45, 2.75) is 44.1 Å². The summed E-state index contributed by atoms with van der Waals surface area (Å²) in [5.41, 5.74) is 0. The standard InChI is InChI=1S/C54H41O2S3/c1-6-16-46(17-7-1)57(47-18-8-2-9-19-47)51-34-26-42(27-35-51)55-44-30-38-53(39-31-44)59(50-24-14-5-15-25-50)54-40-32-45(33-41-54)56-43-28-36-52(37-29-43)58(48-20-10-3-11-21-48)49-22-12-4-13-23-49/h1-41H/q+3. The van der Waals surface area contributed by atoms with Gasteiger partial charge in [0.2, 0.25) is 0 Å². The van der Waals surface area contributed by atoms with Crippen molar-refractivity contribution < 1.29 is 9.47 Å². The van der Waals surface area contributed by atoms with Gasteiger partial charge in [0, 0.05) is 0 Å². The average Bonchev–Trinajstić information content (AvgIpc) is 3.31. The second kappa shape index (κ2) is 18.5. The van der Waals surface area contributed by atoms with Gasteiger partial charge in [0.05, 0.1) is 32.7 Å². The van der Waals surface area contributed by atoms with Crippen LogP contribution in [-0.2, 0) is 32.7 Å². The zero-order valence-corrected chi connectivity index (χ0v) is 34.7. The highest BCUT2D eigenvalue weighted by atomic mass is 32.2. The fourth-order valence-electron chi connectivity index (χ4n) is 6.85. The Morgan fingerprint density at radius 2 is 0.322 bits per heavy atom. The first-order valence-electron chi connectivity index (χ1n) is 19.5. The van der Waals surface area contributed by atoms with Crippen molar-refractivity contribution in [2.75, 3.05) is 0 Å². The average molecular weight is 818 g/mol. The van der Waals surface area contributed by atoms with Gasteiger partial charge in [0.25, 0.3) is 0 Å². The predicted molar refractivity (Wildman–Crippen MR) is 245 cm³/mol. The van der Waals surface area contributed by atoms with Gasteiger partial charge in [0.15, 0.2) is 44.1 Å². The molecule has 0 aliphatic heterocycles. The minimum absolute atomic E-state index is 0.204. The molecule has 0 aliphatic carbocycles. The topological polar surface area (TPSA) is 18.5 Å². The molecule has 0 amide bonds. The lowest BCUT2D eigenvalue weighted by molar-refractivity contribution is 0.481. The van der Waals surface area contributed by atoms with Crippen molar-refractivity contribution in [2.24, 2.45) is 0 Å². The van der Waals surface area contributed by atoms with Crippen LogP contribution >= 0.6 is 0 Å². The molecule has 0 spiro atoms. The quantitative estimate of drug-likeness (QED) is 0.108. The highest BCUT2D eigenvalue weighted by Gasteiger charge is 2.31. The summed E-state index contributed by atoms with van der Waals surface area (Å²) in [6.07, 6.45) is 0. The number of ether oxygens (including phenoxy) is 2. The molecule has 284 valence electrons. The highest BCUT2D eigenvalue weighted by molar-refractivity contribution is 7.97. The van der Waals surface area contributed by atoms with Gasteiger partial charge in [-0.3, -0.25) is 0 Å². The molecule has 0 unspecified atom stereocenters. The Hall–Kier alpha value is -6.37. The van der Waals surface area contributed by atoms with Gasteiger partial charge < -0.3 is 9.47 Å². The Balaban J connectivity index is 0.906. The molecular weight excluding hydrogens is 777 g/mol. The van der Waals surface area contributed by atoms with Gasteiger partial charge in [-0.25, -0.2) is 0 Å². The highest BCUT2D eigenvalue weighted by Crippen LogP contribution is 2.37. The molecule has 5 heteroatoms. The molecule has 0 saturated carbocycles. The smallest absolute Gasteiger partial charge is 0.166 e. The van der Waals surface area contributed by atoms with E-state index in [4.69, 9.17) is 9.47 Å². The van der Waals surface area contributed by atoms with Crippen LogP contribution in [0.4, 0.5) is 0 Å². The van der Waals surface area contributed by atoms with Crippen molar-refractivity contribution in [3.05, 3.63) is 249 Å². The van der Waals surface area contributed by atoms with E-state index in [0.717, 1.165) is 23.0 Å². The van der Waals surface area contributed by atoms with E-state index in [0.29, 0.717) is 0 Å². The fraction of sp³-hybridized carbons (Fsp3) is 0. The SMILES string of the molecule is c1ccc([S+](c2ccccc2)c2ccc(Oc3ccc([S+](c4ccccc4)c4ccc(Oc5ccc([S+](c6ccccc6)c6ccccc6)cc5)cc4)cc3)cc2)cc1. The zero-order valence-electron chi connectivity index (χ0n) is 32.2. The second-order valence-electron chi connectivity index (χ2n) is 13.6. The fourth-order valence-corrected chi connectivity index (χ4v) is 13.1. The number of hydrogen-bond donors (Lipinski definition) is 0. The van der Waals surface area contributed by atoms with E-state index in [2.05, 4.69) is 249 Å². The molecule has 0 heterocycles. The monoisotopic (exact) mass is 817 g/mol. The molecule has 0 fully saturated rings. The van der Waals surface area contributed by atoms with Crippen LogP contribution in [0.3, 0.4) is 0 Å². The van der Waals surface area contributed by atoms with E-state index in [1.165, 1.54) is 44.1 Å². The van der Waals surface area contributed by atoms with Crippen LogP contribution in [0.1, 0.15) is 0 Å². The van der Waals surface area contributed by atoms with Crippen LogP contribution in [0.15, 0.2) is 293 Å². The van der Waals surface area contributed by atoms with Gasteiger partial charge in [0.1, 0.15) is 23.0 Å². The van der Waals surface area contributed by atoms with E-state index in [9.17, 15) is 0 Å². The third-order valence-electron chi connectivity index (χ3n) is 9.60. The molecule has 0 N–H and O–H groups in total. The third-order valence-corrected chi connectivity index (χ3v) is 16.3. The normalized spacial score (nSPS) is 11.2. The Bertz CT molecular complexity index is 2410. The van der Waals surface area contributed by atoms with Crippen LogP contribution < -0.4 is 9.47 Å². The summed E-state index contributed by atoms with van der Waals surface area (Å²) in [5, 5.41) is 0. The van der Waals surface area contributed by atoms with Gasteiger partial charge in [-0.2, -0.15) is 0 Å². The van der Waals surface area contributed by atoms with Gasteiger partial charge in [-0.05, 0) is 158 Å². The molecule has 0 radical (unpaired) electrons. The maximum absolute atomic E-state index is 6.40. The first-order chi connectivity index (χ1) is 29.2. The molecule has 9 aromatic carbocycles. The first kappa shape index (κ1) is 38.2. The Labute approximate surface area is 355 Å². The number of rotatable bonds is 13. The number of hydrogen-bond acceptors (Lipinski definition) is 2. The molecule has 0 aromatic heterocycles. The van der Waals surface area contributed by atoms with Crippen LogP contribution in [0, 0.1) is 0 Å². The van der Waals surface area contributed by atoms with E-state index in [1.54, 1.807) is 0 Å². The van der Waals surface area contributed by atoms with Crippen molar-refractivity contribution in [3.63, 3.8) is 0 Å². The summed E-state index contributed by atoms with van der Waals surface area (Å²) >= 11 is 0. The lowest BCUT2D eigenvalue weighted by Crippen LogP contribution is -2.05. The van der Waals surface area contributed by atoms with E-state index < -0.39 is 0 Å². The summed E-state index contributed by atoms with van der Waals surface area (Å²) in [4.78, 5) is 11.4. The molecule has 0 aliphatic rings. The minimum Gasteiger partial charge on any atom is -0.457 e. The largest absolute Gasteiger partial charge is 0.457 e. The predicted octanol–water partition coefficient (Wildman–Crippen LogP) is 14.6. The van der Waals surface area contributed by atoms with Crippen LogP contribution in [-0.4, -0.2) is 0 Å². The summed E-state index contributed by atoms with van der Waals surface area (Å²) in [5.74, 6) is 3.23. The van der Waals surface area contributed by atoms with Gasteiger partial charge >= 0.3 is 0 Å². The summed E-state index contributed by atoms with van der Waals surface area (Å²) in [6, 6.07) is 87.7. The lowest BCUT2D eigenvalue weighted by Gasteiger charge is -2.11. The second-order valence-corrected chi connectivity index (χ2v) is 19.7. The van der Waals surface area contributed by atoms with Gasteiger partial charge in [-0.15, -0.1) is 0 Å².